The van der Waals surface area contributed by atoms with Crippen molar-refractivity contribution in [2.45, 2.75) is 26.3 Å². The summed E-state index contributed by atoms with van der Waals surface area (Å²) in [5.41, 5.74) is 9.51. The van der Waals surface area contributed by atoms with Crippen LogP contribution in [0.2, 0.25) is 0 Å². The fourth-order valence-corrected chi connectivity index (χ4v) is 2.59. The van der Waals surface area contributed by atoms with Gasteiger partial charge in [-0.05, 0) is 19.9 Å². The van der Waals surface area contributed by atoms with Crippen molar-refractivity contribution in [2.24, 2.45) is 5.73 Å². The minimum Gasteiger partial charge on any atom is -0.493 e. The molecule has 0 saturated carbocycles. The van der Waals surface area contributed by atoms with Gasteiger partial charge in [0.15, 0.2) is 0 Å². The second kappa shape index (κ2) is 6.12. The molecule has 2 rings (SSSR count). The third-order valence-corrected chi connectivity index (χ3v) is 3.89. The average Bonchev–Trinajstić information content (AvgIpc) is 2.75. The number of rotatable bonds is 5. The van der Waals surface area contributed by atoms with Crippen molar-refractivity contribution in [1.29, 1.82) is 0 Å². The van der Waals surface area contributed by atoms with Crippen molar-refractivity contribution in [1.82, 2.24) is 4.98 Å². The van der Waals surface area contributed by atoms with Gasteiger partial charge in [-0.15, -0.1) is 11.3 Å². The summed E-state index contributed by atoms with van der Waals surface area (Å²) in [6, 6.07) is 4.28. The van der Waals surface area contributed by atoms with Gasteiger partial charge < -0.3 is 10.5 Å². The summed E-state index contributed by atoms with van der Waals surface area (Å²) in [7, 11) is 0. The van der Waals surface area contributed by atoms with E-state index in [-0.39, 0.29) is 11.9 Å². The van der Waals surface area contributed by atoms with Gasteiger partial charge in [0.1, 0.15) is 11.6 Å². The van der Waals surface area contributed by atoms with Crippen LogP contribution in [-0.4, -0.2) is 11.6 Å². The lowest BCUT2D eigenvalue weighted by Gasteiger charge is -2.14. The minimum absolute atomic E-state index is 0.180. The lowest BCUT2D eigenvalue weighted by atomic mass is 10.1. The van der Waals surface area contributed by atoms with E-state index in [4.69, 9.17) is 10.5 Å². The van der Waals surface area contributed by atoms with Crippen LogP contribution in [0.3, 0.4) is 0 Å². The van der Waals surface area contributed by atoms with Gasteiger partial charge in [0.05, 0.1) is 17.8 Å². The molecule has 3 nitrogen and oxygen atoms in total. The Bertz CT molecular complexity index is 554. The molecule has 2 aromatic rings. The Labute approximate surface area is 116 Å². The standard InChI is InChI=1S/C14H17FN2OS/c1-9(16)12-4-3-11(15)7-13(12)18-6-5-14-10(2)17-8-19-14/h3-4,7-9H,5-6,16H2,1-2H3/t9-/m1/s1. The van der Waals surface area contributed by atoms with Crippen LogP contribution in [0, 0.1) is 12.7 Å². The molecule has 5 heteroatoms. The van der Waals surface area contributed by atoms with Crippen molar-refractivity contribution in [3.8, 4) is 5.75 Å². The number of aryl methyl sites for hydroxylation is 1. The molecule has 0 aliphatic carbocycles. The highest BCUT2D eigenvalue weighted by Crippen LogP contribution is 2.25. The molecular formula is C14H17FN2OS. The molecule has 0 radical (unpaired) electrons. The molecule has 0 unspecified atom stereocenters. The van der Waals surface area contributed by atoms with E-state index >= 15 is 0 Å². The number of halogens is 1. The van der Waals surface area contributed by atoms with E-state index in [1.54, 1.807) is 17.4 Å². The lowest BCUT2D eigenvalue weighted by Crippen LogP contribution is -2.10. The van der Waals surface area contributed by atoms with E-state index in [9.17, 15) is 4.39 Å². The van der Waals surface area contributed by atoms with E-state index in [1.807, 2.05) is 19.4 Å². The van der Waals surface area contributed by atoms with E-state index < -0.39 is 0 Å². The van der Waals surface area contributed by atoms with Crippen LogP contribution in [0.25, 0.3) is 0 Å². The van der Waals surface area contributed by atoms with Crippen molar-refractivity contribution in [2.75, 3.05) is 6.61 Å². The van der Waals surface area contributed by atoms with Crippen molar-refractivity contribution < 1.29 is 9.13 Å². The van der Waals surface area contributed by atoms with Crippen molar-refractivity contribution >= 4 is 11.3 Å². The maximum Gasteiger partial charge on any atom is 0.126 e. The predicted molar refractivity (Wildman–Crippen MR) is 75.1 cm³/mol. The van der Waals surface area contributed by atoms with E-state index in [0.29, 0.717) is 12.4 Å². The highest BCUT2D eigenvalue weighted by atomic mass is 32.1. The molecule has 0 saturated heterocycles. The van der Waals surface area contributed by atoms with Crippen LogP contribution < -0.4 is 10.5 Å². The van der Waals surface area contributed by atoms with Crippen LogP contribution in [0.1, 0.15) is 29.1 Å². The topological polar surface area (TPSA) is 48.1 Å². The largest absolute Gasteiger partial charge is 0.493 e. The minimum atomic E-state index is -0.312. The highest BCUT2D eigenvalue weighted by Gasteiger charge is 2.10. The molecule has 0 spiro atoms. The summed E-state index contributed by atoms with van der Waals surface area (Å²) in [6.07, 6.45) is 0.769. The van der Waals surface area contributed by atoms with Crippen molar-refractivity contribution in [3.63, 3.8) is 0 Å². The molecule has 102 valence electrons. The molecule has 1 aromatic carbocycles. The van der Waals surface area contributed by atoms with E-state index in [1.165, 1.54) is 17.0 Å². The molecular weight excluding hydrogens is 263 g/mol. The molecule has 1 aromatic heterocycles. The van der Waals surface area contributed by atoms with E-state index in [2.05, 4.69) is 4.98 Å². The van der Waals surface area contributed by atoms with Gasteiger partial charge in [-0.1, -0.05) is 6.07 Å². The molecule has 1 heterocycles. The van der Waals surface area contributed by atoms with Gasteiger partial charge in [0, 0.05) is 29.0 Å². The van der Waals surface area contributed by atoms with Gasteiger partial charge in [-0.2, -0.15) is 0 Å². The number of thiazole rings is 1. The lowest BCUT2D eigenvalue weighted by molar-refractivity contribution is 0.316. The number of hydrogen-bond donors (Lipinski definition) is 1. The number of ether oxygens (including phenoxy) is 1. The second-order valence-corrected chi connectivity index (χ2v) is 5.37. The molecule has 19 heavy (non-hydrogen) atoms. The van der Waals surface area contributed by atoms with Crippen molar-refractivity contribution in [3.05, 3.63) is 45.7 Å². The molecule has 1 atom stereocenters. The molecule has 2 N–H and O–H groups in total. The Morgan fingerprint density at radius 1 is 1.47 bits per heavy atom. The van der Waals surface area contributed by atoms with Gasteiger partial charge >= 0.3 is 0 Å². The summed E-state index contributed by atoms with van der Waals surface area (Å²) >= 11 is 1.61. The van der Waals surface area contributed by atoms with Crippen LogP contribution in [-0.2, 0) is 6.42 Å². The average molecular weight is 280 g/mol. The van der Waals surface area contributed by atoms with Gasteiger partial charge in [0.25, 0.3) is 0 Å². The highest BCUT2D eigenvalue weighted by molar-refractivity contribution is 7.09. The zero-order chi connectivity index (χ0) is 13.8. The molecule has 0 aliphatic rings. The summed E-state index contributed by atoms with van der Waals surface area (Å²) in [4.78, 5) is 5.38. The van der Waals surface area contributed by atoms with Crippen LogP contribution in [0.15, 0.2) is 23.7 Å². The first-order valence-corrected chi connectivity index (χ1v) is 7.02. The Morgan fingerprint density at radius 2 is 2.26 bits per heavy atom. The normalized spacial score (nSPS) is 12.4. The summed E-state index contributed by atoms with van der Waals surface area (Å²) in [5.74, 6) is 0.213. The summed E-state index contributed by atoms with van der Waals surface area (Å²) in [6.45, 7) is 4.32. The number of benzene rings is 1. The zero-order valence-corrected chi connectivity index (χ0v) is 11.8. The maximum atomic E-state index is 13.2. The molecule has 0 amide bonds. The monoisotopic (exact) mass is 280 g/mol. The third kappa shape index (κ3) is 3.52. The Morgan fingerprint density at radius 3 is 2.89 bits per heavy atom. The number of nitrogens with two attached hydrogens (primary N) is 1. The summed E-state index contributed by atoms with van der Waals surface area (Å²) in [5, 5.41) is 0. The van der Waals surface area contributed by atoms with Gasteiger partial charge in [-0.3, -0.25) is 0 Å². The van der Waals surface area contributed by atoms with Crippen LogP contribution in [0.4, 0.5) is 4.39 Å². The fourth-order valence-electron chi connectivity index (χ4n) is 1.83. The smallest absolute Gasteiger partial charge is 0.126 e. The first-order chi connectivity index (χ1) is 9.08. The van der Waals surface area contributed by atoms with Crippen LogP contribution in [0.5, 0.6) is 5.75 Å². The Hall–Kier alpha value is -1.46. The number of nitrogens with zero attached hydrogens (tertiary/aromatic N) is 1. The third-order valence-electron chi connectivity index (χ3n) is 2.90. The predicted octanol–water partition coefficient (Wildman–Crippen LogP) is 3.23. The SMILES string of the molecule is Cc1ncsc1CCOc1cc(F)ccc1[C@@H](C)N. The Kier molecular flexibility index (Phi) is 4.50. The van der Waals surface area contributed by atoms with E-state index in [0.717, 1.165) is 17.7 Å². The van der Waals surface area contributed by atoms with Gasteiger partial charge in [-0.25, -0.2) is 9.37 Å². The number of aromatic nitrogens is 1. The second-order valence-electron chi connectivity index (χ2n) is 4.43. The first-order valence-electron chi connectivity index (χ1n) is 6.14. The molecule has 0 fully saturated rings. The zero-order valence-electron chi connectivity index (χ0n) is 11.0. The Balaban J connectivity index is 2.03. The van der Waals surface area contributed by atoms with Gasteiger partial charge in [0.2, 0.25) is 0 Å². The number of hydrogen-bond acceptors (Lipinski definition) is 4. The first kappa shape index (κ1) is 14.0. The summed E-state index contributed by atoms with van der Waals surface area (Å²) < 4.78 is 18.9. The quantitative estimate of drug-likeness (QED) is 0.914. The van der Waals surface area contributed by atoms with Crippen LogP contribution >= 0.6 is 11.3 Å². The fraction of sp³-hybridized carbons (Fsp3) is 0.357. The molecule has 0 bridgehead atoms. The maximum absolute atomic E-state index is 13.2. The molecule has 0 aliphatic heterocycles.